The lowest BCUT2D eigenvalue weighted by molar-refractivity contribution is 0.244. The number of benzene rings is 2. The molecule has 1 aliphatic rings. The van der Waals surface area contributed by atoms with Crippen LogP contribution < -0.4 is 15.5 Å². The topological polar surface area (TPSA) is 47.6 Å². The van der Waals surface area contributed by atoms with Crippen molar-refractivity contribution in [2.75, 3.05) is 49.5 Å². The molecule has 2 N–H and O–H groups in total. The average Bonchev–Trinajstić information content (AvgIpc) is 2.70. The SMILES string of the molecule is Cc1c(Cl)cccc1NC(=O)NCCCN1CCN(c2ccccc2)CC1. The molecule has 0 spiro atoms. The molecule has 3 rings (SSSR count). The lowest BCUT2D eigenvalue weighted by Crippen LogP contribution is -2.47. The first-order valence-corrected chi connectivity index (χ1v) is 9.83. The first kappa shape index (κ1) is 19.5. The summed E-state index contributed by atoms with van der Waals surface area (Å²) in [5.74, 6) is 0. The van der Waals surface area contributed by atoms with Gasteiger partial charge in [0, 0.05) is 49.1 Å². The van der Waals surface area contributed by atoms with Gasteiger partial charge in [-0.25, -0.2) is 4.79 Å². The fraction of sp³-hybridized carbons (Fsp3) is 0.381. The minimum atomic E-state index is -0.186. The van der Waals surface area contributed by atoms with Gasteiger partial charge in [0.2, 0.25) is 0 Å². The molecule has 0 unspecified atom stereocenters. The van der Waals surface area contributed by atoms with E-state index < -0.39 is 0 Å². The number of hydrogen-bond acceptors (Lipinski definition) is 3. The van der Waals surface area contributed by atoms with E-state index in [4.69, 9.17) is 11.6 Å². The Morgan fingerprint density at radius 3 is 2.52 bits per heavy atom. The second-order valence-electron chi connectivity index (χ2n) is 6.81. The summed E-state index contributed by atoms with van der Waals surface area (Å²) in [6, 6.07) is 15.9. The van der Waals surface area contributed by atoms with Crippen molar-refractivity contribution in [2.45, 2.75) is 13.3 Å². The minimum Gasteiger partial charge on any atom is -0.369 e. The van der Waals surface area contributed by atoms with Gasteiger partial charge in [0.1, 0.15) is 0 Å². The Hall–Kier alpha value is -2.24. The number of piperazine rings is 1. The lowest BCUT2D eigenvalue weighted by Gasteiger charge is -2.36. The number of amides is 2. The fourth-order valence-electron chi connectivity index (χ4n) is 3.28. The highest BCUT2D eigenvalue weighted by molar-refractivity contribution is 6.31. The van der Waals surface area contributed by atoms with Crippen molar-refractivity contribution < 1.29 is 4.79 Å². The number of para-hydroxylation sites is 1. The number of carbonyl (C=O) groups is 1. The highest BCUT2D eigenvalue weighted by atomic mass is 35.5. The number of hydrogen-bond donors (Lipinski definition) is 2. The van der Waals surface area contributed by atoms with E-state index in [1.54, 1.807) is 0 Å². The van der Waals surface area contributed by atoms with Crippen LogP contribution in [-0.2, 0) is 0 Å². The molecule has 0 aromatic heterocycles. The van der Waals surface area contributed by atoms with Crippen molar-refractivity contribution >= 4 is 29.0 Å². The van der Waals surface area contributed by atoms with E-state index in [1.807, 2.05) is 25.1 Å². The predicted molar refractivity (Wildman–Crippen MR) is 113 cm³/mol. The number of anilines is 2. The Labute approximate surface area is 166 Å². The molecule has 5 nitrogen and oxygen atoms in total. The van der Waals surface area contributed by atoms with Gasteiger partial charge in [0.05, 0.1) is 0 Å². The van der Waals surface area contributed by atoms with Gasteiger partial charge in [-0.1, -0.05) is 35.9 Å². The molecule has 0 saturated carbocycles. The van der Waals surface area contributed by atoms with Gasteiger partial charge in [-0.05, 0) is 49.7 Å². The van der Waals surface area contributed by atoms with Gasteiger partial charge < -0.3 is 15.5 Å². The summed E-state index contributed by atoms with van der Waals surface area (Å²) in [7, 11) is 0. The van der Waals surface area contributed by atoms with E-state index in [-0.39, 0.29) is 6.03 Å². The Morgan fingerprint density at radius 2 is 1.78 bits per heavy atom. The zero-order valence-electron chi connectivity index (χ0n) is 15.7. The van der Waals surface area contributed by atoms with E-state index in [1.165, 1.54) is 5.69 Å². The molecule has 1 aliphatic heterocycles. The molecule has 1 fully saturated rings. The second kappa shape index (κ2) is 9.62. The number of carbonyl (C=O) groups excluding carboxylic acids is 1. The molecule has 2 aromatic carbocycles. The number of rotatable bonds is 6. The van der Waals surface area contributed by atoms with Crippen LogP contribution in [0.15, 0.2) is 48.5 Å². The summed E-state index contributed by atoms with van der Waals surface area (Å²) >= 11 is 6.08. The van der Waals surface area contributed by atoms with Crippen LogP contribution in [0.5, 0.6) is 0 Å². The average molecular weight is 387 g/mol. The number of urea groups is 1. The van der Waals surface area contributed by atoms with Gasteiger partial charge in [0.15, 0.2) is 0 Å². The van der Waals surface area contributed by atoms with Gasteiger partial charge in [-0.15, -0.1) is 0 Å². The van der Waals surface area contributed by atoms with Crippen molar-refractivity contribution in [2.24, 2.45) is 0 Å². The van der Waals surface area contributed by atoms with Crippen molar-refractivity contribution in [3.63, 3.8) is 0 Å². The van der Waals surface area contributed by atoms with Crippen LogP contribution in [0.3, 0.4) is 0 Å². The predicted octanol–water partition coefficient (Wildman–Crippen LogP) is 3.98. The van der Waals surface area contributed by atoms with Crippen LogP contribution in [0.4, 0.5) is 16.2 Å². The highest BCUT2D eigenvalue weighted by Crippen LogP contribution is 2.22. The van der Waals surface area contributed by atoms with Gasteiger partial charge in [-0.3, -0.25) is 4.90 Å². The summed E-state index contributed by atoms with van der Waals surface area (Å²) < 4.78 is 0. The standard InChI is InChI=1S/C21H27ClN4O/c1-17-19(22)9-5-10-20(17)24-21(27)23-11-6-12-25-13-15-26(16-14-25)18-7-3-2-4-8-18/h2-5,7-10H,6,11-16H2,1H3,(H2,23,24,27). The molecule has 0 aliphatic carbocycles. The molecule has 1 heterocycles. The van der Waals surface area contributed by atoms with Crippen LogP contribution in [-0.4, -0.2) is 50.2 Å². The second-order valence-corrected chi connectivity index (χ2v) is 7.22. The number of halogens is 1. The van der Waals surface area contributed by atoms with Gasteiger partial charge in [-0.2, -0.15) is 0 Å². The monoisotopic (exact) mass is 386 g/mol. The number of nitrogens with zero attached hydrogens (tertiary/aromatic N) is 2. The Bertz CT molecular complexity index is 745. The van der Waals surface area contributed by atoms with E-state index in [0.29, 0.717) is 11.6 Å². The zero-order chi connectivity index (χ0) is 19.1. The van der Waals surface area contributed by atoms with E-state index in [2.05, 4.69) is 50.8 Å². The summed E-state index contributed by atoms with van der Waals surface area (Å²) in [6.45, 7) is 7.76. The summed E-state index contributed by atoms with van der Waals surface area (Å²) in [5.41, 5.74) is 2.93. The molecule has 2 aromatic rings. The largest absolute Gasteiger partial charge is 0.369 e. The van der Waals surface area contributed by atoms with Crippen molar-refractivity contribution in [1.82, 2.24) is 10.2 Å². The molecule has 144 valence electrons. The number of nitrogens with one attached hydrogen (secondary N) is 2. The third-order valence-corrected chi connectivity index (χ3v) is 5.36. The molecule has 2 amide bonds. The Balaban J connectivity index is 1.33. The third kappa shape index (κ3) is 5.62. The van der Waals surface area contributed by atoms with Crippen molar-refractivity contribution in [3.05, 3.63) is 59.1 Å². The molecule has 0 bridgehead atoms. The summed E-state index contributed by atoms with van der Waals surface area (Å²) in [5, 5.41) is 6.44. The molecular formula is C21H27ClN4O. The van der Waals surface area contributed by atoms with Crippen LogP contribution in [0.2, 0.25) is 5.02 Å². The first-order chi connectivity index (χ1) is 13.1. The molecule has 6 heteroatoms. The smallest absolute Gasteiger partial charge is 0.319 e. The fourth-order valence-corrected chi connectivity index (χ4v) is 3.46. The third-order valence-electron chi connectivity index (χ3n) is 4.95. The molecule has 1 saturated heterocycles. The summed E-state index contributed by atoms with van der Waals surface area (Å²) in [6.07, 6.45) is 0.938. The maximum Gasteiger partial charge on any atom is 0.319 e. The minimum absolute atomic E-state index is 0.186. The molecule has 27 heavy (non-hydrogen) atoms. The Kier molecular flexibility index (Phi) is 6.96. The normalized spacial score (nSPS) is 14.8. The van der Waals surface area contributed by atoms with Gasteiger partial charge in [0.25, 0.3) is 0 Å². The van der Waals surface area contributed by atoms with Crippen LogP contribution in [0, 0.1) is 6.92 Å². The Morgan fingerprint density at radius 1 is 1.04 bits per heavy atom. The molecule has 0 radical (unpaired) electrons. The summed E-state index contributed by atoms with van der Waals surface area (Å²) in [4.78, 5) is 16.9. The maximum absolute atomic E-state index is 12.0. The molecule has 0 atom stereocenters. The molecular weight excluding hydrogens is 360 g/mol. The zero-order valence-corrected chi connectivity index (χ0v) is 16.5. The lowest BCUT2D eigenvalue weighted by atomic mass is 10.2. The highest BCUT2D eigenvalue weighted by Gasteiger charge is 2.16. The van der Waals surface area contributed by atoms with E-state index >= 15 is 0 Å². The van der Waals surface area contributed by atoms with Crippen LogP contribution >= 0.6 is 11.6 Å². The quantitative estimate of drug-likeness (QED) is 0.738. The van der Waals surface area contributed by atoms with Gasteiger partial charge >= 0.3 is 6.03 Å². The van der Waals surface area contributed by atoms with Crippen molar-refractivity contribution in [3.8, 4) is 0 Å². The van der Waals surface area contributed by atoms with E-state index in [0.717, 1.165) is 50.4 Å². The van der Waals surface area contributed by atoms with Crippen molar-refractivity contribution in [1.29, 1.82) is 0 Å². The van der Waals surface area contributed by atoms with Crippen LogP contribution in [0.1, 0.15) is 12.0 Å². The van der Waals surface area contributed by atoms with Crippen LogP contribution in [0.25, 0.3) is 0 Å². The van der Waals surface area contributed by atoms with E-state index in [9.17, 15) is 4.79 Å². The first-order valence-electron chi connectivity index (χ1n) is 9.46. The maximum atomic E-state index is 12.0.